The zero-order valence-electron chi connectivity index (χ0n) is 9.97. The molecule has 0 saturated heterocycles. The normalized spacial score (nSPS) is 12.4. The molecule has 1 aromatic heterocycles. The molecule has 0 radical (unpaired) electrons. The Morgan fingerprint density at radius 3 is 2.59 bits per heavy atom. The zero-order chi connectivity index (χ0) is 12.3. The van der Waals surface area contributed by atoms with Crippen LogP contribution < -0.4 is 10.5 Å². The van der Waals surface area contributed by atoms with E-state index in [2.05, 4.69) is 34.2 Å². The van der Waals surface area contributed by atoms with E-state index in [4.69, 9.17) is 10.5 Å². The Bertz CT molecular complexity index is 478. The van der Waals surface area contributed by atoms with Gasteiger partial charge in [0.2, 0.25) is 5.95 Å². The summed E-state index contributed by atoms with van der Waals surface area (Å²) in [4.78, 5) is 4.10. The molecule has 0 fully saturated rings. The van der Waals surface area contributed by atoms with E-state index in [1.807, 2.05) is 12.1 Å². The molecule has 0 bridgehead atoms. The fraction of sp³-hybridized carbons (Fsp3) is 0.333. The van der Waals surface area contributed by atoms with Gasteiger partial charge in [-0.05, 0) is 23.6 Å². The summed E-state index contributed by atoms with van der Waals surface area (Å²) in [6, 6.07) is 8.04. The largest absolute Gasteiger partial charge is 0.497 e. The summed E-state index contributed by atoms with van der Waals surface area (Å²) >= 11 is 0. The van der Waals surface area contributed by atoms with Crippen LogP contribution in [0.3, 0.4) is 0 Å². The summed E-state index contributed by atoms with van der Waals surface area (Å²) in [5.41, 5.74) is 6.70. The number of rotatable bonds is 4. The Morgan fingerprint density at radius 1 is 1.35 bits per heavy atom. The number of ether oxygens (including phenoxy) is 1. The second kappa shape index (κ2) is 4.86. The number of hydrogen-bond acceptors (Lipinski definition) is 4. The van der Waals surface area contributed by atoms with Crippen LogP contribution in [-0.4, -0.2) is 22.3 Å². The van der Waals surface area contributed by atoms with Crippen molar-refractivity contribution in [1.29, 1.82) is 0 Å². The summed E-state index contributed by atoms with van der Waals surface area (Å²) in [6.07, 6.45) is 0.788. The van der Waals surface area contributed by atoms with Gasteiger partial charge in [-0.1, -0.05) is 19.1 Å². The summed E-state index contributed by atoms with van der Waals surface area (Å²) in [6.45, 7) is 2.14. The molecule has 5 nitrogen and oxygen atoms in total. The lowest BCUT2D eigenvalue weighted by Crippen LogP contribution is -2.00. The van der Waals surface area contributed by atoms with Crippen LogP contribution in [0.5, 0.6) is 5.75 Å². The lowest BCUT2D eigenvalue weighted by atomic mass is 9.97. The van der Waals surface area contributed by atoms with Gasteiger partial charge in [0.05, 0.1) is 7.11 Å². The summed E-state index contributed by atoms with van der Waals surface area (Å²) in [5, 5.41) is 6.63. The van der Waals surface area contributed by atoms with Gasteiger partial charge in [0.1, 0.15) is 11.6 Å². The zero-order valence-corrected chi connectivity index (χ0v) is 9.97. The first-order valence-corrected chi connectivity index (χ1v) is 5.49. The molecular weight excluding hydrogens is 216 g/mol. The molecule has 1 atom stereocenters. The highest BCUT2D eigenvalue weighted by molar-refractivity contribution is 5.29. The molecule has 0 amide bonds. The number of nitrogens with one attached hydrogen (secondary N) is 1. The third-order valence-electron chi connectivity index (χ3n) is 2.73. The minimum absolute atomic E-state index is 0.293. The van der Waals surface area contributed by atoms with E-state index in [0.717, 1.165) is 18.0 Å². The topological polar surface area (TPSA) is 76.8 Å². The lowest BCUT2D eigenvalue weighted by Gasteiger charge is -2.10. The average molecular weight is 232 g/mol. The van der Waals surface area contributed by atoms with Gasteiger partial charge >= 0.3 is 0 Å². The van der Waals surface area contributed by atoms with E-state index < -0.39 is 0 Å². The third kappa shape index (κ3) is 2.75. The van der Waals surface area contributed by atoms with Gasteiger partial charge in [0.15, 0.2) is 0 Å². The van der Waals surface area contributed by atoms with Gasteiger partial charge in [0.25, 0.3) is 0 Å². The number of benzene rings is 1. The van der Waals surface area contributed by atoms with E-state index in [1.54, 1.807) is 7.11 Å². The number of aromatic nitrogens is 3. The highest BCUT2D eigenvalue weighted by Gasteiger charge is 2.09. The van der Waals surface area contributed by atoms with Crippen molar-refractivity contribution in [3.63, 3.8) is 0 Å². The molecule has 0 aliphatic rings. The average Bonchev–Trinajstić information content (AvgIpc) is 2.75. The SMILES string of the molecule is COc1ccc([C@H](C)Cc2nc(N)n[nH]2)cc1. The number of hydrogen-bond donors (Lipinski definition) is 2. The van der Waals surface area contributed by atoms with Crippen LogP contribution in [0, 0.1) is 0 Å². The van der Waals surface area contributed by atoms with Crippen molar-refractivity contribution in [1.82, 2.24) is 15.2 Å². The fourth-order valence-electron chi connectivity index (χ4n) is 1.74. The molecule has 2 aromatic rings. The number of aromatic amines is 1. The Hall–Kier alpha value is -2.04. The molecular formula is C12H16N4O. The Morgan fingerprint density at radius 2 is 2.06 bits per heavy atom. The molecule has 5 heteroatoms. The smallest absolute Gasteiger partial charge is 0.239 e. The van der Waals surface area contributed by atoms with Gasteiger partial charge < -0.3 is 10.5 Å². The van der Waals surface area contributed by atoms with Crippen LogP contribution in [0.4, 0.5) is 5.95 Å². The molecule has 0 unspecified atom stereocenters. The Kier molecular flexibility index (Phi) is 3.27. The first-order chi connectivity index (χ1) is 8.19. The highest BCUT2D eigenvalue weighted by atomic mass is 16.5. The van der Waals surface area contributed by atoms with Gasteiger partial charge in [-0.3, -0.25) is 5.10 Å². The molecule has 0 aliphatic carbocycles. The Labute approximate surface area is 100 Å². The fourth-order valence-corrected chi connectivity index (χ4v) is 1.74. The molecule has 3 N–H and O–H groups in total. The molecule has 17 heavy (non-hydrogen) atoms. The standard InChI is InChI=1S/C12H16N4O/c1-8(7-11-14-12(13)16-15-11)9-3-5-10(17-2)6-4-9/h3-6,8H,7H2,1-2H3,(H3,13,14,15,16)/t8-/m1/s1. The molecule has 90 valence electrons. The van der Waals surface area contributed by atoms with Crippen LogP contribution in [0.15, 0.2) is 24.3 Å². The molecule has 1 aromatic carbocycles. The second-order valence-corrected chi connectivity index (χ2v) is 4.02. The summed E-state index contributed by atoms with van der Waals surface area (Å²) in [5.74, 6) is 2.32. The maximum absolute atomic E-state index is 5.46. The number of nitrogen functional groups attached to an aromatic ring is 1. The van der Waals surface area contributed by atoms with Crippen molar-refractivity contribution < 1.29 is 4.74 Å². The van der Waals surface area contributed by atoms with Crippen LogP contribution >= 0.6 is 0 Å². The highest BCUT2D eigenvalue weighted by Crippen LogP contribution is 2.21. The number of H-pyrrole nitrogens is 1. The van der Waals surface area contributed by atoms with Gasteiger partial charge in [-0.2, -0.15) is 4.98 Å². The maximum Gasteiger partial charge on any atom is 0.239 e. The van der Waals surface area contributed by atoms with E-state index in [-0.39, 0.29) is 0 Å². The number of methoxy groups -OCH3 is 1. The number of anilines is 1. The molecule has 1 heterocycles. The van der Waals surface area contributed by atoms with Crippen LogP contribution in [0.2, 0.25) is 0 Å². The van der Waals surface area contributed by atoms with Crippen molar-refractivity contribution in [3.05, 3.63) is 35.7 Å². The quantitative estimate of drug-likeness (QED) is 0.841. The van der Waals surface area contributed by atoms with Crippen molar-refractivity contribution in [2.45, 2.75) is 19.3 Å². The lowest BCUT2D eigenvalue weighted by molar-refractivity contribution is 0.414. The summed E-state index contributed by atoms with van der Waals surface area (Å²) in [7, 11) is 1.66. The van der Waals surface area contributed by atoms with E-state index >= 15 is 0 Å². The van der Waals surface area contributed by atoms with E-state index in [0.29, 0.717) is 11.9 Å². The monoisotopic (exact) mass is 232 g/mol. The predicted octanol–water partition coefficient (Wildman–Crippen LogP) is 1.74. The number of nitrogens with two attached hydrogens (primary N) is 1. The molecule has 0 saturated carbocycles. The van der Waals surface area contributed by atoms with Crippen molar-refractivity contribution >= 4 is 5.95 Å². The minimum atomic E-state index is 0.293. The molecule has 2 rings (SSSR count). The minimum Gasteiger partial charge on any atom is -0.497 e. The third-order valence-corrected chi connectivity index (χ3v) is 2.73. The van der Waals surface area contributed by atoms with Gasteiger partial charge in [-0.15, -0.1) is 5.10 Å². The first-order valence-electron chi connectivity index (χ1n) is 5.49. The van der Waals surface area contributed by atoms with E-state index in [9.17, 15) is 0 Å². The predicted molar refractivity (Wildman–Crippen MR) is 65.9 cm³/mol. The second-order valence-electron chi connectivity index (χ2n) is 4.02. The Balaban J connectivity index is 2.06. The summed E-state index contributed by atoms with van der Waals surface area (Å²) < 4.78 is 5.13. The first kappa shape index (κ1) is 11.4. The van der Waals surface area contributed by atoms with Crippen LogP contribution in [0.1, 0.15) is 24.2 Å². The van der Waals surface area contributed by atoms with Crippen LogP contribution in [0.25, 0.3) is 0 Å². The van der Waals surface area contributed by atoms with E-state index in [1.165, 1.54) is 5.56 Å². The van der Waals surface area contributed by atoms with Crippen LogP contribution in [-0.2, 0) is 6.42 Å². The maximum atomic E-state index is 5.46. The van der Waals surface area contributed by atoms with Crippen molar-refractivity contribution in [2.24, 2.45) is 0 Å². The number of nitrogens with zero attached hydrogens (tertiary/aromatic N) is 2. The van der Waals surface area contributed by atoms with Gasteiger partial charge in [-0.25, -0.2) is 0 Å². The molecule has 0 aliphatic heterocycles. The molecule has 0 spiro atoms. The van der Waals surface area contributed by atoms with Crippen molar-refractivity contribution in [2.75, 3.05) is 12.8 Å². The van der Waals surface area contributed by atoms with Crippen molar-refractivity contribution in [3.8, 4) is 5.75 Å². The van der Waals surface area contributed by atoms with Gasteiger partial charge in [0, 0.05) is 6.42 Å².